The number of carbonyl (C=O) groups excluding carboxylic acids is 1. The molecule has 1 atom stereocenters. The van der Waals surface area contributed by atoms with Gasteiger partial charge in [-0.25, -0.2) is 4.98 Å². The van der Waals surface area contributed by atoms with Gasteiger partial charge in [0, 0.05) is 32.2 Å². The van der Waals surface area contributed by atoms with E-state index in [1.807, 2.05) is 12.1 Å². The van der Waals surface area contributed by atoms with E-state index >= 15 is 0 Å². The summed E-state index contributed by atoms with van der Waals surface area (Å²) in [5.41, 5.74) is 1.93. The van der Waals surface area contributed by atoms with Crippen molar-refractivity contribution >= 4 is 46.1 Å². The minimum absolute atomic E-state index is 0.0667. The number of ether oxygens (including phenoxy) is 1. The Balaban J connectivity index is 1.32. The van der Waals surface area contributed by atoms with Crippen LogP contribution in [-0.4, -0.2) is 47.8 Å². The zero-order chi connectivity index (χ0) is 20.0. The van der Waals surface area contributed by atoms with Crippen molar-refractivity contribution in [3.8, 4) is 0 Å². The maximum absolute atomic E-state index is 12.6. The molecule has 3 fully saturated rings. The Labute approximate surface area is 180 Å². The van der Waals surface area contributed by atoms with Gasteiger partial charge in [0.2, 0.25) is 11.9 Å². The molecule has 1 amide bonds. The molecule has 0 bridgehead atoms. The average Bonchev–Trinajstić information content (AvgIpc) is 3.28. The lowest BCUT2D eigenvalue weighted by molar-refractivity contribution is -0.126. The zero-order valence-electron chi connectivity index (χ0n) is 16.4. The van der Waals surface area contributed by atoms with Crippen LogP contribution in [0.15, 0.2) is 12.1 Å². The summed E-state index contributed by atoms with van der Waals surface area (Å²) in [4.78, 5) is 19.8. The van der Waals surface area contributed by atoms with E-state index in [-0.39, 0.29) is 17.9 Å². The summed E-state index contributed by atoms with van der Waals surface area (Å²) in [5, 5.41) is 4.25. The Kier molecular flexibility index (Phi) is 5.35. The number of benzene rings is 1. The molecule has 3 aliphatic rings. The molecule has 3 heterocycles. The van der Waals surface area contributed by atoms with Crippen LogP contribution < -0.4 is 10.2 Å². The Morgan fingerprint density at radius 1 is 1.14 bits per heavy atom. The number of fused-ring (bicyclic) bond motifs is 1. The summed E-state index contributed by atoms with van der Waals surface area (Å²) >= 11 is 12.5. The van der Waals surface area contributed by atoms with Crippen LogP contribution in [0.3, 0.4) is 0 Å². The molecule has 1 aromatic heterocycles. The van der Waals surface area contributed by atoms with Gasteiger partial charge in [0.05, 0.1) is 33.7 Å². The molecule has 1 saturated carbocycles. The van der Waals surface area contributed by atoms with E-state index in [0.717, 1.165) is 68.4 Å². The maximum Gasteiger partial charge on any atom is 0.223 e. The lowest BCUT2D eigenvalue weighted by Crippen LogP contribution is -2.44. The van der Waals surface area contributed by atoms with E-state index < -0.39 is 0 Å². The third-order valence-electron chi connectivity index (χ3n) is 6.33. The number of halogens is 2. The number of aromatic nitrogens is 2. The molecule has 1 unspecified atom stereocenters. The smallest absolute Gasteiger partial charge is 0.223 e. The van der Waals surface area contributed by atoms with Crippen LogP contribution in [0.4, 0.5) is 5.95 Å². The fraction of sp³-hybridized carbons (Fsp3) is 0.619. The van der Waals surface area contributed by atoms with Crippen molar-refractivity contribution in [1.82, 2.24) is 14.9 Å². The Morgan fingerprint density at radius 3 is 2.59 bits per heavy atom. The van der Waals surface area contributed by atoms with Crippen LogP contribution in [0.25, 0.3) is 11.0 Å². The molecular weight excluding hydrogens is 411 g/mol. The van der Waals surface area contributed by atoms with Crippen molar-refractivity contribution in [3.63, 3.8) is 0 Å². The van der Waals surface area contributed by atoms with Crippen molar-refractivity contribution < 1.29 is 9.53 Å². The minimum atomic E-state index is 0.0667. The van der Waals surface area contributed by atoms with Gasteiger partial charge in [-0.3, -0.25) is 4.79 Å². The van der Waals surface area contributed by atoms with Crippen LogP contribution in [-0.2, 0) is 16.1 Å². The molecular formula is C21H26Cl2N4O2. The number of hydrogen-bond donors (Lipinski definition) is 1. The van der Waals surface area contributed by atoms with Crippen molar-refractivity contribution in [1.29, 1.82) is 0 Å². The first-order chi connectivity index (χ1) is 14.1. The molecule has 2 aromatic rings. The van der Waals surface area contributed by atoms with E-state index in [2.05, 4.69) is 14.8 Å². The summed E-state index contributed by atoms with van der Waals surface area (Å²) in [6.45, 7) is 4.00. The summed E-state index contributed by atoms with van der Waals surface area (Å²) < 4.78 is 7.66. The first-order valence-corrected chi connectivity index (χ1v) is 11.3. The summed E-state index contributed by atoms with van der Waals surface area (Å²) in [7, 11) is 0. The number of imidazole rings is 1. The SMILES string of the molecule is O=C(NC1CCOC1)C1CCN(c2nc3cc(Cl)c(Cl)cc3n2CC2CC2)CC1. The molecule has 1 N–H and O–H groups in total. The van der Waals surface area contributed by atoms with Crippen LogP contribution in [0.1, 0.15) is 32.1 Å². The number of piperidine rings is 1. The lowest BCUT2D eigenvalue weighted by atomic mass is 9.95. The monoisotopic (exact) mass is 436 g/mol. The highest BCUT2D eigenvalue weighted by Crippen LogP contribution is 2.37. The molecule has 156 valence electrons. The predicted molar refractivity (Wildman–Crippen MR) is 115 cm³/mol. The number of amides is 1. The van der Waals surface area contributed by atoms with Crippen LogP contribution in [0.5, 0.6) is 0 Å². The number of anilines is 1. The third kappa shape index (κ3) is 4.07. The van der Waals surface area contributed by atoms with Gasteiger partial charge in [-0.05, 0) is 50.2 Å². The molecule has 2 saturated heterocycles. The molecule has 6 nitrogen and oxygen atoms in total. The molecule has 29 heavy (non-hydrogen) atoms. The Hall–Kier alpha value is -1.50. The van der Waals surface area contributed by atoms with Gasteiger partial charge >= 0.3 is 0 Å². The zero-order valence-corrected chi connectivity index (χ0v) is 17.9. The Morgan fingerprint density at radius 2 is 1.90 bits per heavy atom. The van der Waals surface area contributed by atoms with Gasteiger partial charge in [-0.2, -0.15) is 0 Å². The number of nitrogens with one attached hydrogen (secondary N) is 1. The first kappa shape index (κ1) is 19.5. The van der Waals surface area contributed by atoms with Gasteiger partial charge in [-0.15, -0.1) is 0 Å². The summed E-state index contributed by atoms with van der Waals surface area (Å²) in [5.74, 6) is 1.94. The molecule has 2 aliphatic heterocycles. The normalized spacial score (nSPS) is 23.1. The number of nitrogens with zero attached hydrogens (tertiary/aromatic N) is 3. The van der Waals surface area contributed by atoms with Crippen molar-refractivity contribution in [3.05, 3.63) is 22.2 Å². The van der Waals surface area contributed by atoms with Crippen LogP contribution in [0.2, 0.25) is 10.0 Å². The van der Waals surface area contributed by atoms with Crippen molar-refractivity contribution in [2.75, 3.05) is 31.2 Å². The maximum atomic E-state index is 12.6. The average molecular weight is 437 g/mol. The van der Waals surface area contributed by atoms with Gasteiger partial charge in [-0.1, -0.05) is 23.2 Å². The fourth-order valence-corrected chi connectivity index (χ4v) is 4.71. The predicted octanol–water partition coefficient (Wildman–Crippen LogP) is 3.87. The molecule has 8 heteroatoms. The molecule has 1 aliphatic carbocycles. The molecule has 1 aromatic carbocycles. The summed E-state index contributed by atoms with van der Waals surface area (Å²) in [6.07, 6.45) is 5.14. The highest BCUT2D eigenvalue weighted by molar-refractivity contribution is 6.42. The lowest BCUT2D eigenvalue weighted by Gasteiger charge is -2.33. The highest BCUT2D eigenvalue weighted by atomic mass is 35.5. The van der Waals surface area contributed by atoms with E-state index in [9.17, 15) is 4.79 Å². The second-order valence-corrected chi connectivity index (χ2v) is 9.37. The van der Waals surface area contributed by atoms with E-state index in [1.54, 1.807) is 0 Å². The van der Waals surface area contributed by atoms with Gasteiger partial charge in [0.15, 0.2) is 0 Å². The number of hydrogen-bond acceptors (Lipinski definition) is 4. The molecule has 0 radical (unpaired) electrons. The van der Waals surface area contributed by atoms with E-state index in [0.29, 0.717) is 16.7 Å². The van der Waals surface area contributed by atoms with Crippen LogP contribution >= 0.6 is 23.2 Å². The number of carbonyl (C=O) groups is 1. The largest absolute Gasteiger partial charge is 0.379 e. The first-order valence-electron chi connectivity index (χ1n) is 10.6. The van der Waals surface area contributed by atoms with E-state index in [1.165, 1.54) is 12.8 Å². The highest BCUT2D eigenvalue weighted by Gasteiger charge is 2.31. The third-order valence-corrected chi connectivity index (χ3v) is 7.05. The Bertz CT molecular complexity index is 913. The minimum Gasteiger partial charge on any atom is -0.379 e. The van der Waals surface area contributed by atoms with Crippen LogP contribution in [0, 0.1) is 11.8 Å². The van der Waals surface area contributed by atoms with E-state index in [4.69, 9.17) is 32.9 Å². The molecule has 5 rings (SSSR count). The van der Waals surface area contributed by atoms with Gasteiger partial charge < -0.3 is 19.5 Å². The standard InChI is InChI=1S/C21H26Cl2N4O2/c22-16-9-18-19(10-17(16)23)27(11-13-1-2-13)21(25-18)26-6-3-14(4-7-26)20(28)24-15-5-8-29-12-15/h9-10,13-15H,1-8,11-12H2,(H,24,28). The van der Waals surface area contributed by atoms with Crippen molar-refractivity contribution in [2.24, 2.45) is 11.8 Å². The fourth-order valence-electron chi connectivity index (χ4n) is 4.40. The number of rotatable bonds is 5. The summed E-state index contributed by atoms with van der Waals surface area (Å²) in [6, 6.07) is 3.97. The quantitative estimate of drug-likeness (QED) is 0.772. The molecule has 0 spiro atoms. The topological polar surface area (TPSA) is 59.4 Å². The van der Waals surface area contributed by atoms with Crippen molar-refractivity contribution in [2.45, 2.75) is 44.7 Å². The van der Waals surface area contributed by atoms with Gasteiger partial charge in [0.25, 0.3) is 0 Å². The second-order valence-electron chi connectivity index (χ2n) is 8.55. The second kappa shape index (κ2) is 7.97. The van der Waals surface area contributed by atoms with Gasteiger partial charge in [0.1, 0.15) is 0 Å².